The lowest BCUT2D eigenvalue weighted by atomic mass is 10.3. The van der Waals surface area contributed by atoms with Crippen molar-refractivity contribution in [3.63, 3.8) is 0 Å². The largest absolute Gasteiger partial charge is 0.378 e. The molecule has 0 aromatic carbocycles. The average Bonchev–Trinajstić information content (AvgIpc) is 2.80. The number of anilines is 1. The van der Waals surface area contributed by atoms with E-state index in [0.717, 1.165) is 28.4 Å². The predicted molar refractivity (Wildman–Crippen MR) is 74.4 cm³/mol. The van der Waals surface area contributed by atoms with E-state index in [1.54, 1.807) is 0 Å². The summed E-state index contributed by atoms with van der Waals surface area (Å²) in [6, 6.07) is 0. The van der Waals surface area contributed by atoms with E-state index in [0.29, 0.717) is 24.6 Å². The zero-order chi connectivity index (χ0) is 12.5. The number of carbonyl (C=O) groups is 1. The van der Waals surface area contributed by atoms with Gasteiger partial charge in [-0.3, -0.25) is 4.79 Å². The molecular weight excluding hydrogens is 318 g/mol. The van der Waals surface area contributed by atoms with Crippen LogP contribution >= 0.6 is 27.3 Å². The minimum absolute atomic E-state index is 0.0484. The highest BCUT2D eigenvalue weighted by Crippen LogP contribution is 2.34. The molecule has 0 atom stereocenters. The Bertz CT molecular complexity index is 508. The number of fused-ring (bicyclic) bond motifs is 1. The van der Waals surface area contributed by atoms with Crippen LogP contribution in [0.5, 0.6) is 0 Å². The predicted octanol–water partition coefficient (Wildman–Crippen LogP) is 1.46. The zero-order valence-electron chi connectivity index (χ0n) is 9.61. The molecule has 0 radical (unpaired) electrons. The van der Waals surface area contributed by atoms with Crippen molar-refractivity contribution in [2.75, 3.05) is 37.7 Å². The summed E-state index contributed by atoms with van der Waals surface area (Å²) in [5.74, 6) is -0.0484. The maximum absolute atomic E-state index is 11.9. The Morgan fingerprint density at radius 2 is 2.22 bits per heavy atom. The second-order valence-electron chi connectivity index (χ2n) is 4.04. The van der Waals surface area contributed by atoms with Crippen molar-refractivity contribution >= 4 is 42.8 Å². The topological polar surface area (TPSA) is 54.5 Å². The molecule has 96 valence electrons. The second-order valence-corrected chi connectivity index (χ2v) is 5.87. The lowest BCUT2D eigenvalue weighted by molar-refractivity contribution is 0.0962. The molecule has 0 saturated carbocycles. The highest BCUT2D eigenvalue weighted by molar-refractivity contribution is 9.15. The molecular formula is C11H12BrN3O2S. The van der Waals surface area contributed by atoms with Crippen molar-refractivity contribution in [3.8, 4) is 0 Å². The number of amides is 1. The number of thiazole rings is 1. The van der Waals surface area contributed by atoms with Crippen LogP contribution in [0.2, 0.25) is 0 Å². The van der Waals surface area contributed by atoms with Gasteiger partial charge < -0.3 is 15.0 Å². The first-order valence-corrected chi connectivity index (χ1v) is 7.34. The van der Waals surface area contributed by atoms with Crippen LogP contribution in [0.25, 0.3) is 4.48 Å². The van der Waals surface area contributed by atoms with Crippen molar-refractivity contribution in [2.45, 2.75) is 0 Å². The van der Waals surface area contributed by atoms with Gasteiger partial charge in [-0.05, 0) is 22.0 Å². The number of nitrogens with zero attached hydrogens (tertiary/aromatic N) is 2. The van der Waals surface area contributed by atoms with Crippen LogP contribution in [0, 0.1) is 0 Å². The maximum atomic E-state index is 11.9. The fraction of sp³-hybridized carbons (Fsp3) is 0.455. The Morgan fingerprint density at radius 3 is 3.00 bits per heavy atom. The minimum Gasteiger partial charge on any atom is -0.378 e. The molecule has 1 fully saturated rings. The normalized spacial score (nSPS) is 19.9. The van der Waals surface area contributed by atoms with Gasteiger partial charge in [0, 0.05) is 24.1 Å². The molecule has 0 aliphatic carbocycles. The van der Waals surface area contributed by atoms with Gasteiger partial charge in [-0.25, -0.2) is 4.98 Å². The second kappa shape index (κ2) is 4.99. The van der Waals surface area contributed by atoms with Crippen molar-refractivity contribution in [1.82, 2.24) is 10.3 Å². The smallest absolute Gasteiger partial charge is 0.264 e. The number of hydrogen-bond acceptors (Lipinski definition) is 5. The highest BCUT2D eigenvalue weighted by Gasteiger charge is 2.24. The average molecular weight is 330 g/mol. The summed E-state index contributed by atoms with van der Waals surface area (Å²) in [6.07, 6.45) is 1.92. The number of halogens is 1. The van der Waals surface area contributed by atoms with E-state index in [1.165, 1.54) is 11.3 Å². The van der Waals surface area contributed by atoms with E-state index in [2.05, 4.69) is 31.1 Å². The molecule has 2 aliphatic rings. The number of aromatic nitrogens is 1. The molecule has 7 heteroatoms. The van der Waals surface area contributed by atoms with Crippen molar-refractivity contribution in [3.05, 3.63) is 16.6 Å². The number of nitrogens with one attached hydrogen (secondary N) is 1. The summed E-state index contributed by atoms with van der Waals surface area (Å²) < 4.78 is 6.20. The fourth-order valence-corrected chi connectivity index (χ4v) is 3.55. The van der Waals surface area contributed by atoms with Crippen LogP contribution in [0.3, 0.4) is 0 Å². The molecule has 1 saturated heterocycles. The Balaban J connectivity index is 1.96. The summed E-state index contributed by atoms with van der Waals surface area (Å²) in [6.45, 7) is 3.63. The molecule has 3 rings (SSSR count). The van der Waals surface area contributed by atoms with Crippen LogP contribution in [0.15, 0.2) is 6.08 Å². The lowest BCUT2D eigenvalue weighted by Crippen LogP contribution is -2.36. The maximum Gasteiger partial charge on any atom is 0.264 e. The van der Waals surface area contributed by atoms with Crippen molar-refractivity contribution < 1.29 is 9.53 Å². The summed E-state index contributed by atoms with van der Waals surface area (Å²) >= 11 is 4.92. The quantitative estimate of drug-likeness (QED) is 0.847. The number of rotatable bonds is 1. The summed E-state index contributed by atoms with van der Waals surface area (Å²) in [4.78, 5) is 19.3. The first-order chi connectivity index (χ1) is 8.75. The first kappa shape index (κ1) is 12.1. The molecule has 0 unspecified atom stereocenters. The summed E-state index contributed by atoms with van der Waals surface area (Å²) in [7, 11) is 0. The Morgan fingerprint density at radius 1 is 1.44 bits per heavy atom. The van der Waals surface area contributed by atoms with E-state index in [9.17, 15) is 4.79 Å². The van der Waals surface area contributed by atoms with Gasteiger partial charge in [-0.1, -0.05) is 11.3 Å². The van der Waals surface area contributed by atoms with Crippen molar-refractivity contribution in [2.24, 2.45) is 0 Å². The summed E-state index contributed by atoms with van der Waals surface area (Å²) in [5.41, 5.74) is 0.747. The third kappa shape index (κ3) is 2.17. The standard InChI is InChI=1S/C11H12BrN3O2S/c12-7-1-2-13-10(16)9-8(7)14-11(18-9)15-3-5-17-6-4-15/h1H,2-6H2,(H,13,16). The molecule has 1 aromatic heterocycles. The molecule has 1 N–H and O–H groups in total. The summed E-state index contributed by atoms with van der Waals surface area (Å²) in [5, 5.41) is 3.72. The third-order valence-corrected chi connectivity index (χ3v) is 4.69. The van der Waals surface area contributed by atoms with Gasteiger partial charge in [-0.2, -0.15) is 0 Å². The number of morpholine rings is 1. The molecule has 5 nitrogen and oxygen atoms in total. The van der Waals surface area contributed by atoms with E-state index in [1.807, 2.05) is 6.08 Å². The van der Waals surface area contributed by atoms with E-state index in [-0.39, 0.29) is 5.91 Å². The fourth-order valence-electron chi connectivity index (χ4n) is 1.92. The number of carbonyl (C=O) groups excluding carboxylic acids is 1. The number of hydrogen-bond donors (Lipinski definition) is 1. The van der Waals surface area contributed by atoms with E-state index in [4.69, 9.17) is 4.74 Å². The van der Waals surface area contributed by atoms with Crippen molar-refractivity contribution in [1.29, 1.82) is 0 Å². The Labute approximate surface area is 117 Å². The van der Waals surface area contributed by atoms with Gasteiger partial charge >= 0.3 is 0 Å². The van der Waals surface area contributed by atoms with Gasteiger partial charge in [0.15, 0.2) is 5.13 Å². The third-order valence-electron chi connectivity index (χ3n) is 2.87. The molecule has 2 aliphatic heterocycles. The minimum atomic E-state index is -0.0484. The Hall–Kier alpha value is -0.920. The van der Waals surface area contributed by atoms with Crippen LogP contribution in [-0.2, 0) is 4.74 Å². The molecule has 18 heavy (non-hydrogen) atoms. The monoisotopic (exact) mass is 329 g/mol. The Kier molecular flexibility index (Phi) is 3.36. The lowest BCUT2D eigenvalue weighted by Gasteiger charge is -2.26. The highest BCUT2D eigenvalue weighted by atomic mass is 79.9. The zero-order valence-corrected chi connectivity index (χ0v) is 12.0. The van der Waals surface area contributed by atoms with Gasteiger partial charge in [0.25, 0.3) is 5.91 Å². The van der Waals surface area contributed by atoms with Gasteiger partial charge in [0.1, 0.15) is 10.6 Å². The molecule has 1 aromatic rings. The van der Waals surface area contributed by atoms with Crippen LogP contribution in [0.1, 0.15) is 15.4 Å². The van der Waals surface area contributed by atoms with Gasteiger partial charge in [0.05, 0.1) is 13.2 Å². The van der Waals surface area contributed by atoms with E-state index < -0.39 is 0 Å². The number of ether oxygens (including phenoxy) is 1. The first-order valence-electron chi connectivity index (χ1n) is 5.73. The van der Waals surface area contributed by atoms with Gasteiger partial charge in [0.2, 0.25) is 0 Å². The molecule has 0 bridgehead atoms. The molecule has 1 amide bonds. The van der Waals surface area contributed by atoms with Crippen LogP contribution in [-0.4, -0.2) is 43.7 Å². The van der Waals surface area contributed by atoms with Crippen LogP contribution in [0.4, 0.5) is 5.13 Å². The van der Waals surface area contributed by atoms with Gasteiger partial charge in [-0.15, -0.1) is 0 Å². The molecule has 3 heterocycles. The van der Waals surface area contributed by atoms with E-state index >= 15 is 0 Å². The SMILES string of the molecule is O=C1NCC=C(Br)c2nc(N3CCOCC3)sc21. The molecule has 0 spiro atoms. The van der Waals surface area contributed by atoms with Crippen LogP contribution < -0.4 is 10.2 Å².